The first kappa shape index (κ1) is 8.72. The number of aliphatic hydroxyl groups excluding tert-OH is 1. The van der Waals surface area contributed by atoms with E-state index in [9.17, 15) is 5.11 Å². The minimum atomic E-state index is -0.238. The molecule has 1 fully saturated rings. The number of hydrogen-bond donors (Lipinski definition) is 1. The molecule has 70 valence electrons. The van der Waals surface area contributed by atoms with Crippen molar-refractivity contribution < 1.29 is 5.11 Å². The Morgan fingerprint density at radius 2 is 2.31 bits per heavy atom. The number of hydrogen-bond acceptors (Lipinski definition) is 4. The molecule has 2 rings (SSSR count). The first-order valence-electron chi connectivity index (χ1n) is 4.18. The largest absolute Gasteiger partial charge is 0.391 e. The summed E-state index contributed by atoms with van der Waals surface area (Å²) in [5.74, 6) is 0.779. The molecule has 1 aromatic rings. The lowest BCUT2D eigenvalue weighted by atomic mass is 10.3. The molecule has 0 saturated carbocycles. The van der Waals surface area contributed by atoms with Crippen molar-refractivity contribution in [2.75, 3.05) is 18.0 Å². The SMILES string of the molecule is O[C@H]1CCN(c2ccc(Cl)nn2)C1. The van der Waals surface area contributed by atoms with E-state index in [-0.39, 0.29) is 6.10 Å². The molecule has 0 unspecified atom stereocenters. The van der Waals surface area contributed by atoms with Gasteiger partial charge in [-0.05, 0) is 18.6 Å². The van der Waals surface area contributed by atoms with Crippen LogP contribution in [-0.4, -0.2) is 34.5 Å². The van der Waals surface area contributed by atoms with E-state index in [4.69, 9.17) is 11.6 Å². The molecule has 0 spiro atoms. The molecule has 5 heteroatoms. The molecule has 0 amide bonds. The Morgan fingerprint density at radius 1 is 1.46 bits per heavy atom. The van der Waals surface area contributed by atoms with Crippen LogP contribution >= 0.6 is 11.6 Å². The Bertz CT molecular complexity index is 290. The Balaban J connectivity index is 2.13. The van der Waals surface area contributed by atoms with Gasteiger partial charge in [0.2, 0.25) is 0 Å². The fourth-order valence-corrected chi connectivity index (χ4v) is 1.53. The molecule has 13 heavy (non-hydrogen) atoms. The van der Waals surface area contributed by atoms with Crippen LogP contribution in [0.1, 0.15) is 6.42 Å². The number of nitrogens with zero attached hydrogens (tertiary/aromatic N) is 3. The molecular formula is C8H10ClN3O. The van der Waals surface area contributed by atoms with Gasteiger partial charge in [0, 0.05) is 13.1 Å². The van der Waals surface area contributed by atoms with E-state index >= 15 is 0 Å². The number of β-amino-alcohol motifs (C(OH)–C–C–N with tert-alkyl or cyclic N) is 1. The van der Waals surface area contributed by atoms with Crippen molar-refractivity contribution in [2.24, 2.45) is 0 Å². The Labute approximate surface area is 81.2 Å². The highest BCUT2D eigenvalue weighted by atomic mass is 35.5. The summed E-state index contributed by atoms with van der Waals surface area (Å²) in [5, 5.41) is 17.4. The second-order valence-electron chi connectivity index (χ2n) is 3.10. The molecule has 1 aliphatic rings. The lowest BCUT2D eigenvalue weighted by Crippen LogP contribution is -2.22. The zero-order chi connectivity index (χ0) is 9.26. The summed E-state index contributed by atoms with van der Waals surface area (Å²) in [7, 11) is 0. The molecule has 1 N–H and O–H groups in total. The van der Waals surface area contributed by atoms with Crippen molar-refractivity contribution in [1.82, 2.24) is 10.2 Å². The van der Waals surface area contributed by atoms with Gasteiger partial charge < -0.3 is 10.0 Å². The maximum Gasteiger partial charge on any atom is 0.151 e. The van der Waals surface area contributed by atoms with Crippen LogP contribution in [0.3, 0.4) is 0 Å². The van der Waals surface area contributed by atoms with E-state index in [1.165, 1.54) is 0 Å². The van der Waals surface area contributed by atoms with Gasteiger partial charge >= 0.3 is 0 Å². The fourth-order valence-electron chi connectivity index (χ4n) is 1.43. The van der Waals surface area contributed by atoms with Gasteiger partial charge in [0.15, 0.2) is 11.0 Å². The van der Waals surface area contributed by atoms with Crippen molar-refractivity contribution in [2.45, 2.75) is 12.5 Å². The number of rotatable bonds is 1. The first-order valence-corrected chi connectivity index (χ1v) is 4.56. The third-order valence-corrected chi connectivity index (χ3v) is 2.31. The molecular weight excluding hydrogens is 190 g/mol. The molecule has 0 radical (unpaired) electrons. The third-order valence-electron chi connectivity index (χ3n) is 2.11. The van der Waals surface area contributed by atoms with Crippen molar-refractivity contribution in [3.63, 3.8) is 0 Å². The average Bonchev–Trinajstić information content (AvgIpc) is 2.53. The molecule has 1 aliphatic heterocycles. The van der Waals surface area contributed by atoms with Crippen molar-refractivity contribution in [1.29, 1.82) is 0 Å². The van der Waals surface area contributed by atoms with Crippen LogP contribution in [0.2, 0.25) is 5.15 Å². The molecule has 1 atom stereocenters. The number of halogens is 1. The summed E-state index contributed by atoms with van der Waals surface area (Å²) in [6.45, 7) is 1.47. The summed E-state index contributed by atoms with van der Waals surface area (Å²) in [6, 6.07) is 3.52. The third kappa shape index (κ3) is 1.89. The summed E-state index contributed by atoms with van der Waals surface area (Å²) in [4.78, 5) is 1.99. The van der Waals surface area contributed by atoms with E-state index in [1.807, 2.05) is 11.0 Å². The minimum Gasteiger partial charge on any atom is -0.391 e. The van der Waals surface area contributed by atoms with E-state index in [1.54, 1.807) is 6.07 Å². The second-order valence-corrected chi connectivity index (χ2v) is 3.49. The van der Waals surface area contributed by atoms with Crippen molar-refractivity contribution in [3.05, 3.63) is 17.3 Å². The molecule has 4 nitrogen and oxygen atoms in total. The normalized spacial score (nSPS) is 22.3. The summed E-state index contributed by atoms with van der Waals surface area (Å²) in [6.07, 6.45) is 0.557. The predicted octanol–water partition coefficient (Wildman–Crippen LogP) is 0.701. The predicted molar refractivity (Wildman–Crippen MR) is 49.9 cm³/mol. The molecule has 0 aliphatic carbocycles. The Hall–Kier alpha value is -0.870. The second kappa shape index (κ2) is 3.47. The zero-order valence-corrected chi connectivity index (χ0v) is 7.78. The van der Waals surface area contributed by atoms with Crippen LogP contribution < -0.4 is 4.90 Å². The van der Waals surface area contributed by atoms with Crippen LogP contribution in [-0.2, 0) is 0 Å². The highest BCUT2D eigenvalue weighted by Gasteiger charge is 2.21. The van der Waals surface area contributed by atoms with E-state index in [2.05, 4.69) is 10.2 Å². The number of aromatic nitrogens is 2. The quantitative estimate of drug-likeness (QED) is 0.724. The van der Waals surface area contributed by atoms with Crippen LogP contribution in [0.4, 0.5) is 5.82 Å². The Morgan fingerprint density at radius 3 is 2.85 bits per heavy atom. The van der Waals surface area contributed by atoms with Crippen molar-refractivity contribution >= 4 is 17.4 Å². The topological polar surface area (TPSA) is 49.2 Å². The fraction of sp³-hybridized carbons (Fsp3) is 0.500. The maximum absolute atomic E-state index is 9.30. The summed E-state index contributed by atoms with van der Waals surface area (Å²) >= 11 is 5.61. The van der Waals surface area contributed by atoms with Gasteiger partial charge in [0.25, 0.3) is 0 Å². The maximum atomic E-state index is 9.30. The van der Waals surface area contributed by atoms with Gasteiger partial charge in [-0.15, -0.1) is 10.2 Å². The van der Waals surface area contributed by atoms with E-state index in [0.29, 0.717) is 11.7 Å². The van der Waals surface area contributed by atoms with Gasteiger partial charge in [-0.1, -0.05) is 11.6 Å². The average molecular weight is 200 g/mol. The molecule has 1 saturated heterocycles. The van der Waals surface area contributed by atoms with Gasteiger partial charge in [-0.3, -0.25) is 0 Å². The number of anilines is 1. The van der Waals surface area contributed by atoms with Crippen LogP contribution in [0.15, 0.2) is 12.1 Å². The molecule has 0 bridgehead atoms. The van der Waals surface area contributed by atoms with Gasteiger partial charge in [-0.25, -0.2) is 0 Å². The van der Waals surface area contributed by atoms with Gasteiger partial charge in [0.1, 0.15) is 0 Å². The first-order chi connectivity index (χ1) is 6.25. The lowest BCUT2D eigenvalue weighted by molar-refractivity contribution is 0.198. The van der Waals surface area contributed by atoms with Gasteiger partial charge in [-0.2, -0.15) is 0 Å². The molecule has 0 aromatic carbocycles. The highest BCUT2D eigenvalue weighted by molar-refractivity contribution is 6.29. The van der Waals surface area contributed by atoms with Gasteiger partial charge in [0.05, 0.1) is 6.10 Å². The van der Waals surface area contributed by atoms with E-state index in [0.717, 1.165) is 18.8 Å². The molecule has 1 aromatic heterocycles. The monoisotopic (exact) mass is 199 g/mol. The smallest absolute Gasteiger partial charge is 0.151 e. The molecule has 2 heterocycles. The Kier molecular flexibility index (Phi) is 2.33. The van der Waals surface area contributed by atoms with Crippen molar-refractivity contribution in [3.8, 4) is 0 Å². The van der Waals surface area contributed by atoms with E-state index < -0.39 is 0 Å². The van der Waals surface area contributed by atoms with Crippen LogP contribution in [0.5, 0.6) is 0 Å². The highest BCUT2D eigenvalue weighted by Crippen LogP contribution is 2.17. The summed E-state index contributed by atoms with van der Waals surface area (Å²) < 4.78 is 0. The lowest BCUT2D eigenvalue weighted by Gasteiger charge is -2.14. The minimum absolute atomic E-state index is 0.238. The zero-order valence-electron chi connectivity index (χ0n) is 7.02. The van der Waals surface area contributed by atoms with Crippen LogP contribution in [0, 0.1) is 0 Å². The van der Waals surface area contributed by atoms with Crippen LogP contribution in [0.25, 0.3) is 0 Å². The summed E-state index contributed by atoms with van der Waals surface area (Å²) in [5.41, 5.74) is 0. The standard InChI is InChI=1S/C8H10ClN3O/c9-7-1-2-8(11-10-7)12-4-3-6(13)5-12/h1-2,6,13H,3-5H2/t6-/m0/s1. The number of aliphatic hydroxyl groups is 1.